The van der Waals surface area contributed by atoms with Crippen molar-refractivity contribution in [1.29, 1.82) is 0 Å². The number of piperidine rings is 1. The minimum absolute atomic E-state index is 0. The Bertz CT molecular complexity index is 454. The number of hydrogen-bond acceptors (Lipinski definition) is 4. The first-order valence-electron chi connectivity index (χ1n) is 7.19. The molecular weight excluding hydrogens is 325 g/mol. The molecule has 2 rings (SSSR count). The van der Waals surface area contributed by atoms with E-state index in [-0.39, 0.29) is 30.7 Å². The largest absolute Gasteiger partial charge is 0.494 e. The van der Waals surface area contributed by atoms with Crippen molar-refractivity contribution in [2.45, 2.75) is 26.2 Å². The van der Waals surface area contributed by atoms with Crippen molar-refractivity contribution in [1.82, 2.24) is 10.3 Å². The highest BCUT2D eigenvalue weighted by Crippen LogP contribution is 2.25. The highest BCUT2D eigenvalue weighted by Gasteiger charge is 2.22. The van der Waals surface area contributed by atoms with Crippen molar-refractivity contribution in [2.75, 3.05) is 25.5 Å². The first kappa shape index (κ1) is 21.0. The number of carbonyl (C=O) groups is 1. The smallest absolute Gasteiger partial charge is 0.224 e. The normalized spacial score (nSPS) is 18.4. The number of anilines is 1. The highest BCUT2D eigenvalue weighted by molar-refractivity contribution is 5.92. The molecule has 0 aliphatic carbocycles. The summed E-state index contributed by atoms with van der Waals surface area (Å²) in [5.41, 5.74) is 0.633. The molecule has 126 valence electrons. The Labute approximate surface area is 144 Å². The fourth-order valence-corrected chi connectivity index (χ4v) is 2.68. The van der Waals surface area contributed by atoms with E-state index in [1.807, 2.05) is 0 Å². The Morgan fingerprint density at radius 3 is 2.95 bits per heavy atom. The second kappa shape index (κ2) is 10.6. The third kappa shape index (κ3) is 5.99. The summed E-state index contributed by atoms with van der Waals surface area (Å²) in [4.78, 5) is 16.1. The van der Waals surface area contributed by atoms with E-state index in [0.717, 1.165) is 13.1 Å². The van der Waals surface area contributed by atoms with E-state index in [0.29, 0.717) is 29.7 Å². The molecule has 0 spiro atoms. The van der Waals surface area contributed by atoms with Crippen molar-refractivity contribution >= 4 is 36.4 Å². The number of halogens is 2. The van der Waals surface area contributed by atoms with Gasteiger partial charge in [-0.1, -0.05) is 6.92 Å². The zero-order valence-electron chi connectivity index (χ0n) is 13.0. The van der Waals surface area contributed by atoms with Crippen LogP contribution < -0.4 is 15.4 Å². The predicted octanol–water partition coefficient (Wildman–Crippen LogP) is 2.90. The van der Waals surface area contributed by atoms with Crippen LogP contribution in [0.2, 0.25) is 0 Å². The van der Waals surface area contributed by atoms with Crippen LogP contribution in [0, 0.1) is 11.8 Å². The first-order chi connectivity index (χ1) is 9.70. The SMILES string of the molecule is COc1ccncc1NC(=O)CC(C)C1CCCNC1.Cl.Cl. The maximum atomic E-state index is 12.1. The quantitative estimate of drug-likeness (QED) is 0.857. The van der Waals surface area contributed by atoms with E-state index in [2.05, 4.69) is 22.5 Å². The number of nitrogens with zero attached hydrogens (tertiary/aromatic N) is 1. The molecule has 0 saturated carbocycles. The van der Waals surface area contributed by atoms with Gasteiger partial charge in [0.05, 0.1) is 13.3 Å². The lowest BCUT2D eigenvalue weighted by Gasteiger charge is -2.28. The van der Waals surface area contributed by atoms with E-state index in [1.54, 1.807) is 25.6 Å². The number of ether oxygens (including phenoxy) is 1. The molecule has 1 amide bonds. The molecule has 2 N–H and O–H groups in total. The number of nitrogens with one attached hydrogen (secondary N) is 2. The number of pyridine rings is 1. The van der Waals surface area contributed by atoms with E-state index in [4.69, 9.17) is 4.74 Å². The average Bonchev–Trinajstić information content (AvgIpc) is 2.48. The van der Waals surface area contributed by atoms with Gasteiger partial charge < -0.3 is 15.4 Å². The van der Waals surface area contributed by atoms with Crippen LogP contribution in [-0.2, 0) is 4.79 Å². The number of methoxy groups -OCH3 is 1. The minimum Gasteiger partial charge on any atom is -0.494 e. The van der Waals surface area contributed by atoms with Crippen LogP contribution in [0.3, 0.4) is 0 Å². The summed E-state index contributed by atoms with van der Waals surface area (Å²) >= 11 is 0. The summed E-state index contributed by atoms with van der Waals surface area (Å²) < 4.78 is 5.20. The summed E-state index contributed by atoms with van der Waals surface area (Å²) in [6.07, 6.45) is 6.20. The highest BCUT2D eigenvalue weighted by atomic mass is 35.5. The van der Waals surface area contributed by atoms with Gasteiger partial charge in [-0.25, -0.2) is 0 Å². The summed E-state index contributed by atoms with van der Waals surface area (Å²) in [6, 6.07) is 1.74. The lowest BCUT2D eigenvalue weighted by atomic mass is 9.85. The predicted molar refractivity (Wildman–Crippen MR) is 93.3 cm³/mol. The van der Waals surface area contributed by atoms with E-state index in [1.165, 1.54) is 12.8 Å². The average molecular weight is 350 g/mol. The minimum atomic E-state index is 0. The molecule has 1 aromatic heterocycles. The fraction of sp³-hybridized carbons (Fsp3) is 0.600. The van der Waals surface area contributed by atoms with Crippen molar-refractivity contribution in [3.05, 3.63) is 18.5 Å². The Kier molecular flexibility index (Phi) is 10.1. The lowest BCUT2D eigenvalue weighted by molar-refractivity contribution is -0.117. The van der Waals surface area contributed by atoms with Gasteiger partial charge in [-0.05, 0) is 37.8 Å². The maximum absolute atomic E-state index is 12.1. The van der Waals surface area contributed by atoms with Crippen LogP contribution in [-0.4, -0.2) is 31.1 Å². The summed E-state index contributed by atoms with van der Waals surface area (Å²) in [5, 5.41) is 6.28. The Balaban J connectivity index is 0.00000220. The molecular formula is C15H25Cl2N3O2. The Morgan fingerprint density at radius 2 is 2.32 bits per heavy atom. The third-order valence-electron chi connectivity index (χ3n) is 3.92. The van der Waals surface area contributed by atoms with Crippen LogP contribution >= 0.6 is 24.8 Å². The van der Waals surface area contributed by atoms with Gasteiger partial charge in [0.2, 0.25) is 5.91 Å². The van der Waals surface area contributed by atoms with Gasteiger partial charge in [0, 0.05) is 18.7 Å². The number of aromatic nitrogens is 1. The lowest BCUT2D eigenvalue weighted by Crippen LogP contribution is -2.34. The molecule has 2 unspecified atom stereocenters. The second-order valence-corrected chi connectivity index (χ2v) is 5.41. The maximum Gasteiger partial charge on any atom is 0.224 e. The Hall–Kier alpha value is -1.04. The topological polar surface area (TPSA) is 63.2 Å². The molecule has 1 aromatic rings. The van der Waals surface area contributed by atoms with Crippen molar-refractivity contribution < 1.29 is 9.53 Å². The molecule has 2 heterocycles. The zero-order valence-corrected chi connectivity index (χ0v) is 14.6. The van der Waals surface area contributed by atoms with Gasteiger partial charge in [0.1, 0.15) is 11.4 Å². The number of amides is 1. The van der Waals surface area contributed by atoms with Gasteiger partial charge in [-0.15, -0.1) is 24.8 Å². The molecule has 0 radical (unpaired) electrons. The third-order valence-corrected chi connectivity index (χ3v) is 3.92. The van der Waals surface area contributed by atoms with Crippen LogP contribution in [0.25, 0.3) is 0 Å². The van der Waals surface area contributed by atoms with E-state index in [9.17, 15) is 4.79 Å². The standard InChI is InChI=1S/C15H23N3O2.2ClH/c1-11(12-4-3-6-16-9-12)8-15(19)18-13-10-17-7-5-14(13)20-2;;/h5,7,10-12,16H,3-4,6,8-9H2,1-2H3,(H,18,19);2*1H. The molecule has 1 aliphatic rings. The van der Waals surface area contributed by atoms with Gasteiger partial charge in [0.25, 0.3) is 0 Å². The summed E-state index contributed by atoms with van der Waals surface area (Å²) in [7, 11) is 1.58. The van der Waals surface area contributed by atoms with Crippen molar-refractivity contribution in [3.63, 3.8) is 0 Å². The zero-order chi connectivity index (χ0) is 14.4. The molecule has 0 aromatic carbocycles. The van der Waals surface area contributed by atoms with Crippen LogP contribution in [0.4, 0.5) is 5.69 Å². The van der Waals surface area contributed by atoms with Gasteiger partial charge in [-0.3, -0.25) is 9.78 Å². The molecule has 5 nitrogen and oxygen atoms in total. The van der Waals surface area contributed by atoms with Crippen LogP contribution in [0.1, 0.15) is 26.2 Å². The molecule has 7 heteroatoms. The van der Waals surface area contributed by atoms with Crippen LogP contribution in [0.5, 0.6) is 5.75 Å². The van der Waals surface area contributed by atoms with Gasteiger partial charge >= 0.3 is 0 Å². The second-order valence-electron chi connectivity index (χ2n) is 5.41. The Morgan fingerprint density at radius 1 is 1.55 bits per heavy atom. The van der Waals surface area contributed by atoms with E-state index >= 15 is 0 Å². The monoisotopic (exact) mass is 349 g/mol. The number of rotatable bonds is 5. The molecule has 22 heavy (non-hydrogen) atoms. The summed E-state index contributed by atoms with van der Waals surface area (Å²) in [6.45, 7) is 4.27. The summed E-state index contributed by atoms with van der Waals surface area (Å²) in [5.74, 6) is 1.63. The molecule has 1 aliphatic heterocycles. The van der Waals surface area contributed by atoms with Crippen molar-refractivity contribution in [2.24, 2.45) is 11.8 Å². The van der Waals surface area contributed by atoms with E-state index < -0.39 is 0 Å². The molecule has 1 saturated heterocycles. The number of carbonyl (C=O) groups excluding carboxylic acids is 1. The first-order valence-corrected chi connectivity index (χ1v) is 7.19. The molecule has 0 bridgehead atoms. The molecule has 1 fully saturated rings. The van der Waals surface area contributed by atoms with Gasteiger partial charge in [-0.2, -0.15) is 0 Å². The van der Waals surface area contributed by atoms with Crippen molar-refractivity contribution in [3.8, 4) is 5.75 Å². The fourth-order valence-electron chi connectivity index (χ4n) is 2.68. The molecule has 2 atom stereocenters. The van der Waals surface area contributed by atoms with Gasteiger partial charge in [0.15, 0.2) is 0 Å². The number of hydrogen-bond donors (Lipinski definition) is 2. The van der Waals surface area contributed by atoms with Crippen LogP contribution in [0.15, 0.2) is 18.5 Å².